The van der Waals surface area contributed by atoms with Gasteiger partial charge in [-0.2, -0.15) is 0 Å². The highest BCUT2D eigenvalue weighted by molar-refractivity contribution is 5.82. The summed E-state index contributed by atoms with van der Waals surface area (Å²) < 4.78 is 45.1. The van der Waals surface area contributed by atoms with E-state index in [1.807, 2.05) is 144 Å². The van der Waals surface area contributed by atoms with Gasteiger partial charge in [-0.1, -0.05) is 147 Å². The molecule has 8 rings (SSSR count). The maximum Gasteiger partial charge on any atom is 0.249 e. The van der Waals surface area contributed by atoms with Crippen LogP contribution in [-0.2, 0) is 87.6 Å². The Morgan fingerprint density at radius 3 is 1.15 bits per heavy atom. The Balaban J connectivity index is 0.000000252. The smallest absolute Gasteiger partial charge is 0.249 e. The summed E-state index contributed by atoms with van der Waals surface area (Å²) in [6.07, 6.45) is -7.21. The van der Waals surface area contributed by atoms with Gasteiger partial charge in [-0.25, -0.2) is 0 Å². The lowest BCUT2D eigenvalue weighted by Crippen LogP contribution is -2.60. The molecule has 4 aromatic carbocycles. The number of carbonyl (C=O) groups excluding carboxylic acids is 5. The molecule has 0 spiro atoms. The second kappa shape index (κ2) is 46.2. The van der Waals surface area contributed by atoms with E-state index in [0.717, 1.165) is 36.0 Å². The van der Waals surface area contributed by atoms with Crippen LogP contribution in [0.1, 0.15) is 112 Å². The Morgan fingerprint density at radius 1 is 0.486 bits per heavy atom. The molecule has 4 heterocycles. The highest BCUT2D eigenvalue weighted by Crippen LogP contribution is 2.29. The first kappa shape index (κ1) is 88.6. The van der Waals surface area contributed by atoms with Crippen LogP contribution >= 0.6 is 0 Å². The van der Waals surface area contributed by atoms with Crippen LogP contribution in [-0.4, -0.2) is 240 Å². The van der Waals surface area contributed by atoms with Crippen molar-refractivity contribution in [3.8, 4) is 0 Å². The molecule has 0 aliphatic carbocycles. The maximum absolute atomic E-state index is 12.6. The third-order valence-electron chi connectivity index (χ3n) is 18.6. The maximum atomic E-state index is 12.6. The van der Waals surface area contributed by atoms with Gasteiger partial charge in [0.25, 0.3) is 0 Å². The number of hydrogen-bond donors (Lipinski definition) is 12. The molecule has 8 unspecified atom stereocenters. The molecule has 0 aromatic heterocycles. The molecule has 0 saturated carbocycles. The summed E-state index contributed by atoms with van der Waals surface area (Å²) in [5.41, 5.74) is 19.2. The van der Waals surface area contributed by atoms with E-state index in [1.165, 1.54) is 12.5 Å². The number of benzene rings is 4. The van der Waals surface area contributed by atoms with Gasteiger partial charge >= 0.3 is 0 Å². The van der Waals surface area contributed by atoms with Crippen molar-refractivity contribution in [3.63, 3.8) is 0 Å². The lowest BCUT2D eigenvalue weighted by atomic mass is 9.88. The number of amides is 5. The Hall–Kier alpha value is -7.06. The molecule has 4 fully saturated rings. The van der Waals surface area contributed by atoms with Crippen molar-refractivity contribution in [1.82, 2.24) is 26.6 Å². The highest BCUT2D eigenvalue weighted by atomic mass is 16.6. The zero-order chi connectivity index (χ0) is 77.3. The van der Waals surface area contributed by atoms with E-state index < -0.39 is 98.0 Å². The summed E-state index contributed by atoms with van der Waals surface area (Å²) in [4.78, 5) is 64.1. The van der Waals surface area contributed by atoms with Gasteiger partial charge in [-0.05, 0) is 115 Å². The zero-order valence-electron chi connectivity index (χ0n) is 62.8. The SMILES string of the molecule is CCC1OC[C@H](NC(C)=O)C(O[C@H](C)C(=O)N[C@@H](C)Cc2ccccc2)[C@@H]1C.C[C@@H](Cc1ccccc1)NC(=O)[C@@H](C)OC1[C@H](O)C(CO)OC[C@@H]1C.C[C@@H](Cc1ccccc1)NC(=O)[C@@H](C)OC1[C@H](O)C(CO)OC[C@@H]1N.C[C@@H](Cc1ccccc1)NC(=O)[C@@H](C)OC1[C@H](O)C(CO)OC[C@@H]1N=[N+]=[N-]. The molecule has 0 bridgehead atoms. The normalized spacial score (nSPS) is 28.0. The Bertz CT molecular complexity index is 3110. The van der Waals surface area contributed by atoms with E-state index in [0.29, 0.717) is 26.1 Å². The molecule has 28 nitrogen and oxygen atoms in total. The Labute approximate surface area is 618 Å². The van der Waals surface area contributed by atoms with Crippen LogP contribution in [0.3, 0.4) is 0 Å². The van der Waals surface area contributed by atoms with E-state index in [2.05, 4.69) is 62.6 Å². The van der Waals surface area contributed by atoms with Gasteiger partial charge in [0.1, 0.15) is 67.1 Å². The second-order valence-corrected chi connectivity index (χ2v) is 27.9. The fourth-order valence-electron chi connectivity index (χ4n) is 12.8. The molecule has 584 valence electrons. The van der Waals surface area contributed by atoms with Crippen molar-refractivity contribution < 1.29 is 92.5 Å². The predicted octanol–water partition coefficient (Wildman–Crippen LogP) is 3.88. The lowest BCUT2D eigenvalue weighted by molar-refractivity contribution is -0.200. The van der Waals surface area contributed by atoms with Gasteiger partial charge in [0, 0.05) is 47.8 Å². The average Bonchev–Trinajstić information content (AvgIpc) is 0.843. The molecule has 28 heteroatoms. The number of aliphatic hydroxyl groups excluding tert-OH is 6. The highest BCUT2D eigenvalue weighted by Gasteiger charge is 2.44. The first-order chi connectivity index (χ1) is 50.1. The minimum atomic E-state index is -1.21. The van der Waals surface area contributed by atoms with Crippen molar-refractivity contribution in [2.75, 3.05) is 46.2 Å². The summed E-state index contributed by atoms with van der Waals surface area (Å²) in [5, 5.41) is 76.7. The first-order valence-electron chi connectivity index (χ1n) is 36.5. The number of hydrogen-bond acceptors (Lipinski definition) is 21. The molecule has 4 aromatic rings. The van der Waals surface area contributed by atoms with Gasteiger partial charge in [0.05, 0.1) is 88.8 Å². The lowest BCUT2D eigenvalue weighted by Gasteiger charge is -2.42. The number of carbonyl (C=O) groups is 5. The van der Waals surface area contributed by atoms with E-state index in [9.17, 15) is 54.6 Å². The second-order valence-electron chi connectivity index (χ2n) is 27.9. The largest absolute Gasteiger partial charge is 0.394 e. The molecule has 5 amide bonds. The van der Waals surface area contributed by atoms with Crippen molar-refractivity contribution in [2.24, 2.45) is 22.7 Å². The summed E-state index contributed by atoms with van der Waals surface area (Å²) in [6, 6.07) is 37.9. The number of nitrogens with one attached hydrogen (secondary N) is 5. The zero-order valence-corrected chi connectivity index (χ0v) is 62.8. The van der Waals surface area contributed by atoms with Crippen molar-refractivity contribution >= 4 is 29.5 Å². The first-order valence-corrected chi connectivity index (χ1v) is 36.5. The minimum absolute atomic E-state index is 0.00240. The van der Waals surface area contributed by atoms with Crippen LogP contribution in [0.5, 0.6) is 0 Å². The fourth-order valence-corrected chi connectivity index (χ4v) is 12.8. The number of ether oxygens (including phenoxy) is 8. The molecule has 0 radical (unpaired) electrons. The summed E-state index contributed by atoms with van der Waals surface area (Å²) in [5.74, 6) is -1.07. The van der Waals surface area contributed by atoms with E-state index in [1.54, 1.807) is 27.7 Å². The van der Waals surface area contributed by atoms with Gasteiger partial charge in [0.2, 0.25) is 29.5 Å². The van der Waals surface area contributed by atoms with Crippen LogP contribution in [0.2, 0.25) is 0 Å². The fraction of sp³-hybridized carbons (Fsp3) is 0.623. The van der Waals surface area contributed by atoms with E-state index in [-0.39, 0.29) is 110 Å². The monoisotopic (exact) mass is 1470 g/mol. The number of aliphatic hydroxyl groups is 6. The molecule has 4 saturated heterocycles. The predicted molar refractivity (Wildman–Crippen MR) is 394 cm³/mol. The van der Waals surface area contributed by atoms with Crippen molar-refractivity contribution in [1.29, 1.82) is 0 Å². The van der Waals surface area contributed by atoms with Crippen LogP contribution < -0.4 is 32.3 Å². The number of azide groups is 1. The van der Waals surface area contributed by atoms with Gasteiger partial charge < -0.3 is 101 Å². The standard InChI is InChI=1S/C22H34N2O4.C19H29NO5.C18H26N4O5.C18H28N2O5/c1-6-20-15(3)21(19(13-27-20)24-17(5)25)28-16(4)22(26)23-14(2)12-18-10-8-7-9-11-18;1-12-11-24-16(10-21)17(22)18(12)25-14(3)19(23)20-13(2)9-15-7-5-4-6-8-15;1-11(8-13-6-4-3-5-7-13)20-18(25)12(2)27-17-14(21-22-19)10-26-15(9-23)16(17)24;1-11(8-13-6-4-3-5-7-13)20-18(23)12(2)25-17-14(19)10-24-15(9-21)16(17)22/h7-11,14-16,19-21H,6,12-13H2,1-5H3,(H,23,26)(H,24,25);4-8,12-14,16-18,21-22H,9-11H2,1-3H3,(H,20,23);3-7,11-12,14-17,23-24H,8-10H2,1-2H3,(H,20,25);3-7,11-12,14-17,21-22H,8-10,19H2,1-2H3,(H,20,23)/t14-,15+,16+,19-,20?,21?;12-,13-,14+,16?,17+,18?;2*11-,12+,14-,15?,16+,17?/m0000/s1. The van der Waals surface area contributed by atoms with Gasteiger partial charge in [-0.3, -0.25) is 24.0 Å². The topological polar surface area (TPSA) is 416 Å². The summed E-state index contributed by atoms with van der Waals surface area (Å²) >= 11 is 0. The van der Waals surface area contributed by atoms with Crippen molar-refractivity contribution in [3.05, 3.63) is 154 Å². The van der Waals surface area contributed by atoms with Gasteiger partial charge in [-0.15, -0.1) is 0 Å². The number of rotatable bonds is 30. The van der Waals surface area contributed by atoms with E-state index in [4.69, 9.17) is 49.2 Å². The summed E-state index contributed by atoms with van der Waals surface area (Å²) in [6.45, 7) is 21.8. The third-order valence-corrected chi connectivity index (χ3v) is 18.6. The van der Waals surface area contributed by atoms with Crippen molar-refractivity contribution in [2.45, 2.75) is 249 Å². The quantitative estimate of drug-likeness (QED) is 0.0200. The molecular weight excluding hydrogens is 1350 g/mol. The van der Waals surface area contributed by atoms with E-state index >= 15 is 0 Å². The molecule has 13 N–H and O–H groups in total. The Kier molecular flexibility index (Phi) is 39.0. The molecular formula is C77H117N9O19. The Morgan fingerprint density at radius 2 is 0.800 bits per heavy atom. The number of nitrogens with two attached hydrogens (primary N) is 1. The molecule has 105 heavy (non-hydrogen) atoms. The van der Waals surface area contributed by atoms with Gasteiger partial charge in [0.15, 0.2) is 0 Å². The third kappa shape index (κ3) is 29.6. The molecule has 4 aliphatic rings. The van der Waals surface area contributed by atoms with Crippen LogP contribution in [0.25, 0.3) is 10.4 Å². The van der Waals surface area contributed by atoms with Crippen LogP contribution in [0, 0.1) is 11.8 Å². The molecule has 4 aliphatic heterocycles. The summed E-state index contributed by atoms with van der Waals surface area (Å²) in [7, 11) is 0. The number of nitrogens with zero attached hydrogens (tertiary/aromatic N) is 3. The molecule has 24 atom stereocenters. The van der Waals surface area contributed by atoms with Crippen LogP contribution in [0.4, 0.5) is 0 Å². The minimum Gasteiger partial charge on any atom is -0.394 e. The van der Waals surface area contributed by atoms with Crippen LogP contribution in [0.15, 0.2) is 126 Å². The average molecular weight is 1470 g/mol.